The predicted octanol–water partition coefficient (Wildman–Crippen LogP) is 5.76. The molecule has 0 bridgehead atoms. The van der Waals surface area contributed by atoms with Gasteiger partial charge >= 0.3 is 0 Å². The van der Waals surface area contributed by atoms with Gasteiger partial charge in [0.2, 0.25) is 0 Å². The average Bonchev–Trinajstić information content (AvgIpc) is 2.63. The molecule has 138 valence electrons. The first-order valence-corrected chi connectivity index (χ1v) is 9.65. The van der Waals surface area contributed by atoms with E-state index < -0.39 is 0 Å². The summed E-state index contributed by atoms with van der Waals surface area (Å²) in [6.45, 7) is 6.96. The van der Waals surface area contributed by atoms with E-state index in [0.29, 0.717) is 11.0 Å². The summed E-state index contributed by atoms with van der Waals surface area (Å²) in [5.41, 5.74) is 2.90. The van der Waals surface area contributed by atoms with Gasteiger partial charge in [-0.2, -0.15) is 0 Å². The Morgan fingerprint density at radius 3 is 2.15 bits per heavy atom. The monoisotopic (exact) mass is 350 g/mol. The number of rotatable bonds is 4. The Balaban J connectivity index is 1.64. The molecule has 1 aliphatic rings. The number of hydrogen-bond acceptors (Lipinski definition) is 2. The molecular formula is C23H30N2O. The molecule has 0 spiro atoms. The fourth-order valence-electron chi connectivity index (χ4n) is 3.83. The Morgan fingerprint density at radius 2 is 1.50 bits per heavy atom. The summed E-state index contributed by atoms with van der Waals surface area (Å²) in [7, 11) is 0. The first kappa shape index (κ1) is 18.5. The highest BCUT2D eigenvalue weighted by molar-refractivity contribution is 6.00. The van der Waals surface area contributed by atoms with Crippen LogP contribution in [0.15, 0.2) is 54.6 Å². The third-order valence-electron chi connectivity index (χ3n) is 5.51. The number of carbonyl (C=O) groups is 1. The second kappa shape index (κ2) is 7.94. The van der Waals surface area contributed by atoms with E-state index >= 15 is 0 Å². The number of para-hydroxylation sites is 2. The second-order valence-electron chi connectivity index (χ2n) is 8.42. The van der Waals surface area contributed by atoms with E-state index in [9.17, 15) is 4.79 Å². The highest BCUT2D eigenvalue weighted by Gasteiger charge is 2.30. The first-order chi connectivity index (χ1) is 12.4. The van der Waals surface area contributed by atoms with Crippen LogP contribution in [0, 0.1) is 11.3 Å². The highest BCUT2D eigenvalue weighted by atomic mass is 16.1. The molecule has 0 aromatic heterocycles. The van der Waals surface area contributed by atoms with E-state index in [2.05, 4.69) is 31.4 Å². The van der Waals surface area contributed by atoms with Crippen LogP contribution >= 0.6 is 0 Å². The number of amides is 1. The summed E-state index contributed by atoms with van der Waals surface area (Å²) < 4.78 is 0. The standard InChI is InChI=1S/C23H30N2O/c1-23(2,3)17-13-15-19(16-14-17)25-22(26)20-11-7-8-12-21(20)24-18-9-5-4-6-10-18/h4-12,17,19,24H,13-16H2,1-3H3,(H,25,26). The summed E-state index contributed by atoms with van der Waals surface area (Å²) in [4.78, 5) is 12.9. The molecule has 1 fully saturated rings. The zero-order valence-electron chi connectivity index (χ0n) is 16.1. The number of nitrogens with one attached hydrogen (secondary N) is 2. The van der Waals surface area contributed by atoms with Crippen LogP contribution in [0.25, 0.3) is 0 Å². The number of anilines is 2. The van der Waals surface area contributed by atoms with Crippen molar-refractivity contribution in [3.05, 3.63) is 60.2 Å². The smallest absolute Gasteiger partial charge is 0.253 e. The zero-order chi connectivity index (χ0) is 18.6. The van der Waals surface area contributed by atoms with Gasteiger partial charge in [-0.25, -0.2) is 0 Å². The lowest BCUT2D eigenvalue weighted by molar-refractivity contribution is 0.0905. The van der Waals surface area contributed by atoms with Gasteiger partial charge in [-0.15, -0.1) is 0 Å². The second-order valence-corrected chi connectivity index (χ2v) is 8.42. The van der Waals surface area contributed by atoms with Crippen molar-refractivity contribution >= 4 is 17.3 Å². The van der Waals surface area contributed by atoms with E-state index in [-0.39, 0.29) is 11.9 Å². The summed E-state index contributed by atoms with van der Waals surface area (Å²) in [6, 6.07) is 18.0. The molecule has 2 N–H and O–H groups in total. The van der Waals surface area contributed by atoms with Crippen LogP contribution < -0.4 is 10.6 Å². The fraction of sp³-hybridized carbons (Fsp3) is 0.435. The number of hydrogen-bond donors (Lipinski definition) is 2. The van der Waals surface area contributed by atoms with Gasteiger partial charge < -0.3 is 10.6 Å². The molecule has 1 amide bonds. The topological polar surface area (TPSA) is 41.1 Å². The van der Waals surface area contributed by atoms with Crippen molar-refractivity contribution in [3.8, 4) is 0 Å². The van der Waals surface area contributed by atoms with E-state index in [4.69, 9.17) is 0 Å². The SMILES string of the molecule is CC(C)(C)C1CCC(NC(=O)c2ccccc2Nc2ccccc2)CC1. The largest absolute Gasteiger partial charge is 0.355 e. The molecule has 0 radical (unpaired) electrons. The van der Waals surface area contributed by atoms with Gasteiger partial charge in [0.1, 0.15) is 0 Å². The molecule has 1 saturated carbocycles. The quantitative estimate of drug-likeness (QED) is 0.735. The van der Waals surface area contributed by atoms with Gasteiger partial charge in [-0.1, -0.05) is 51.1 Å². The van der Waals surface area contributed by atoms with Gasteiger partial charge in [-0.3, -0.25) is 4.79 Å². The van der Waals surface area contributed by atoms with Crippen molar-refractivity contribution in [2.45, 2.75) is 52.5 Å². The van der Waals surface area contributed by atoms with Crippen LogP contribution in [0.3, 0.4) is 0 Å². The minimum Gasteiger partial charge on any atom is -0.355 e. The normalized spacial score (nSPS) is 20.4. The Labute approximate surface area is 157 Å². The Kier molecular flexibility index (Phi) is 5.65. The summed E-state index contributed by atoms with van der Waals surface area (Å²) in [5, 5.41) is 6.61. The van der Waals surface area contributed by atoms with Gasteiger partial charge in [0.15, 0.2) is 0 Å². The minimum atomic E-state index is 0.0169. The number of carbonyl (C=O) groups excluding carboxylic acids is 1. The molecule has 0 aliphatic heterocycles. The highest BCUT2D eigenvalue weighted by Crippen LogP contribution is 2.37. The molecule has 2 aromatic carbocycles. The Morgan fingerprint density at radius 1 is 0.885 bits per heavy atom. The number of benzene rings is 2. The zero-order valence-corrected chi connectivity index (χ0v) is 16.1. The molecular weight excluding hydrogens is 320 g/mol. The van der Waals surface area contributed by atoms with Crippen LogP contribution in [0.2, 0.25) is 0 Å². The Hall–Kier alpha value is -2.29. The summed E-state index contributed by atoms with van der Waals surface area (Å²) in [6.07, 6.45) is 4.53. The molecule has 3 nitrogen and oxygen atoms in total. The fourth-order valence-corrected chi connectivity index (χ4v) is 3.83. The molecule has 0 saturated heterocycles. The summed E-state index contributed by atoms with van der Waals surface area (Å²) in [5.74, 6) is 0.769. The van der Waals surface area contributed by atoms with E-state index in [1.54, 1.807) is 0 Å². The van der Waals surface area contributed by atoms with E-state index in [0.717, 1.165) is 30.1 Å². The lowest BCUT2D eigenvalue weighted by atomic mass is 9.71. The van der Waals surface area contributed by atoms with Gasteiger partial charge in [0.25, 0.3) is 5.91 Å². The third-order valence-corrected chi connectivity index (χ3v) is 5.51. The molecule has 0 unspecified atom stereocenters. The molecule has 2 aromatic rings. The van der Waals surface area contributed by atoms with Gasteiger partial charge in [0, 0.05) is 11.7 Å². The van der Waals surface area contributed by atoms with Crippen LogP contribution in [-0.4, -0.2) is 11.9 Å². The van der Waals surface area contributed by atoms with Crippen molar-refractivity contribution in [2.75, 3.05) is 5.32 Å². The maximum absolute atomic E-state index is 12.9. The van der Waals surface area contributed by atoms with Crippen molar-refractivity contribution < 1.29 is 4.79 Å². The van der Waals surface area contributed by atoms with Crippen LogP contribution in [0.4, 0.5) is 11.4 Å². The molecule has 3 heteroatoms. The maximum Gasteiger partial charge on any atom is 0.253 e. The molecule has 0 atom stereocenters. The van der Waals surface area contributed by atoms with Crippen molar-refractivity contribution in [2.24, 2.45) is 11.3 Å². The third kappa shape index (κ3) is 4.66. The van der Waals surface area contributed by atoms with Gasteiger partial charge in [-0.05, 0) is 61.3 Å². The predicted molar refractivity (Wildman–Crippen MR) is 109 cm³/mol. The average molecular weight is 351 g/mol. The van der Waals surface area contributed by atoms with Crippen LogP contribution in [0.1, 0.15) is 56.8 Å². The van der Waals surface area contributed by atoms with Gasteiger partial charge in [0.05, 0.1) is 11.3 Å². The lowest BCUT2D eigenvalue weighted by Crippen LogP contribution is -2.39. The molecule has 26 heavy (non-hydrogen) atoms. The Bertz CT molecular complexity index is 725. The van der Waals surface area contributed by atoms with Crippen LogP contribution in [-0.2, 0) is 0 Å². The molecule has 0 heterocycles. The van der Waals surface area contributed by atoms with Crippen LogP contribution in [0.5, 0.6) is 0 Å². The first-order valence-electron chi connectivity index (χ1n) is 9.65. The maximum atomic E-state index is 12.9. The summed E-state index contributed by atoms with van der Waals surface area (Å²) >= 11 is 0. The van der Waals surface area contributed by atoms with Crippen molar-refractivity contribution in [1.29, 1.82) is 0 Å². The van der Waals surface area contributed by atoms with E-state index in [1.807, 2.05) is 54.6 Å². The van der Waals surface area contributed by atoms with E-state index in [1.165, 1.54) is 12.8 Å². The molecule has 1 aliphatic carbocycles. The van der Waals surface area contributed by atoms with Crippen molar-refractivity contribution in [1.82, 2.24) is 5.32 Å². The lowest BCUT2D eigenvalue weighted by Gasteiger charge is -2.37. The minimum absolute atomic E-state index is 0.0169. The van der Waals surface area contributed by atoms with Crippen molar-refractivity contribution in [3.63, 3.8) is 0 Å². The molecule has 3 rings (SSSR count).